The van der Waals surface area contributed by atoms with Gasteiger partial charge in [-0.1, -0.05) is 12.8 Å². The van der Waals surface area contributed by atoms with Gasteiger partial charge in [0, 0.05) is 12.6 Å². The summed E-state index contributed by atoms with van der Waals surface area (Å²) in [6.07, 6.45) is 5.74. The summed E-state index contributed by atoms with van der Waals surface area (Å²) in [5.74, 6) is -0.0141. The Morgan fingerprint density at radius 3 is 2.53 bits per heavy atom. The molecule has 5 heteroatoms. The van der Waals surface area contributed by atoms with E-state index < -0.39 is 6.09 Å². The van der Waals surface area contributed by atoms with Crippen molar-refractivity contribution in [1.29, 1.82) is 0 Å². The molecule has 1 aliphatic heterocycles. The first-order valence-corrected chi connectivity index (χ1v) is 6.37. The molecule has 0 bridgehead atoms. The molecule has 1 atom stereocenters. The summed E-state index contributed by atoms with van der Waals surface area (Å²) < 4.78 is 4.69. The molecule has 1 unspecified atom stereocenters. The van der Waals surface area contributed by atoms with Gasteiger partial charge in [0.2, 0.25) is 5.91 Å². The molecule has 0 aromatic carbocycles. The van der Waals surface area contributed by atoms with Crippen molar-refractivity contribution < 1.29 is 14.3 Å². The van der Waals surface area contributed by atoms with Gasteiger partial charge in [-0.2, -0.15) is 0 Å². The van der Waals surface area contributed by atoms with Crippen molar-refractivity contribution in [2.24, 2.45) is 0 Å². The van der Waals surface area contributed by atoms with Crippen LogP contribution in [-0.4, -0.2) is 42.6 Å². The molecule has 0 radical (unpaired) electrons. The quantitative estimate of drug-likeness (QED) is 0.791. The summed E-state index contributed by atoms with van der Waals surface area (Å²) in [5.41, 5.74) is 0. The van der Waals surface area contributed by atoms with Crippen molar-refractivity contribution in [3.05, 3.63) is 0 Å². The molecule has 0 aromatic rings. The van der Waals surface area contributed by atoms with E-state index in [9.17, 15) is 9.59 Å². The summed E-state index contributed by atoms with van der Waals surface area (Å²) in [5, 5.41) is 3.04. The first kappa shape index (κ1) is 12.2. The van der Waals surface area contributed by atoms with Crippen LogP contribution < -0.4 is 5.32 Å². The number of methoxy groups -OCH3 is 1. The van der Waals surface area contributed by atoms with Gasteiger partial charge >= 0.3 is 6.09 Å². The van der Waals surface area contributed by atoms with Gasteiger partial charge in [0.15, 0.2) is 0 Å². The van der Waals surface area contributed by atoms with E-state index in [0.29, 0.717) is 12.6 Å². The molecule has 1 N–H and O–H groups in total. The zero-order valence-electron chi connectivity index (χ0n) is 10.3. The number of likely N-dealkylation sites (tertiary alicyclic amines) is 1. The number of carbonyl (C=O) groups is 2. The molecule has 1 aliphatic carbocycles. The highest BCUT2D eigenvalue weighted by Crippen LogP contribution is 2.21. The van der Waals surface area contributed by atoms with Crippen LogP contribution in [0.5, 0.6) is 0 Å². The third-order valence-electron chi connectivity index (χ3n) is 3.67. The zero-order chi connectivity index (χ0) is 12.3. The van der Waals surface area contributed by atoms with Crippen molar-refractivity contribution in [3.8, 4) is 0 Å². The summed E-state index contributed by atoms with van der Waals surface area (Å²) in [6.45, 7) is 0.620. The highest BCUT2D eigenvalue weighted by atomic mass is 16.5. The van der Waals surface area contributed by atoms with Crippen LogP contribution >= 0.6 is 0 Å². The lowest BCUT2D eigenvalue weighted by Crippen LogP contribution is -2.48. The molecule has 1 saturated heterocycles. The van der Waals surface area contributed by atoms with Crippen LogP contribution in [0.4, 0.5) is 4.79 Å². The smallest absolute Gasteiger partial charge is 0.410 e. The van der Waals surface area contributed by atoms with Crippen LogP contribution in [0.1, 0.15) is 38.5 Å². The average Bonchev–Trinajstić information content (AvgIpc) is 2.97. The summed E-state index contributed by atoms with van der Waals surface area (Å²) in [4.78, 5) is 25.1. The molecule has 2 aliphatic rings. The molecule has 0 aromatic heterocycles. The maximum atomic E-state index is 12.1. The van der Waals surface area contributed by atoms with E-state index >= 15 is 0 Å². The zero-order valence-corrected chi connectivity index (χ0v) is 10.3. The predicted molar refractivity (Wildman–Crippen MR) is 62.5 cm³/mol. The standard InChI is InChI=1S/C12H20N2O3/c1-17-12(16)14-8-4-7-10(14)11(15)13-9-5-2-3-6-9/h9-10H,2-8H2,1H3,(H,13,15). The number of nitrogens with zero attached hydrogens (tertiary/aromatic N) is 1. The number of ether oxygens (including phenoxy) is 1. The lowest BCUT2D eigenvalue weighted by Gasteiger charge is -2.24. The summed E-state index contributed by atoms with van der Waals surface area (Å²) in [7, 11) is 1.35. The van der Waals surface area contributed by atoms with Gasteiger partial charge in [0.25, 0.3) is 0 Å². The van der Waals surface area contributed by atoms with E-state index in [1.807, 2.05) is 0 Å². The van der Waals surface area contributed by atoms with Crippen LogP contribution in [-0.2, 0) is 9.53 Å². The Hall–Kier alpha value is -1.26. The summed E-state index contributed by atoms with van der Waals surface area (Å²) >= 11 is 0. The second-order valence-corrected chi connectivity index (χ2v) is 4.81. The Bertz CT molecular complexity index is 300. The van der Waals surface area contributed by atoms with Gasteiger partial charge in [-0.15, -0.1) is 0 Å². The maximum absolute atomic E-state index is 12.1. The molecule has 2 fully saturated rings. The molecule has 5 nitrogen and oxygen atoms in total. The topological polar surface area (TPSA) is 58.6 Å². The molecule has 0 spiro atoms. The number of rotatable bonds is 2. The molecular weight excluding hydrogens is 220 g/mol. The highest BCUT2D eigenvalue weighted by molar-refractivity contribution is 5.86. The number of hydrogen-bond acceptors (Lipinski definition) is 3. The Balaban J connectivity index is 1.90. The van der Waals surface area contributed by atoms with Crippen molar-refractivity contribution >= 4 is 12.0 Å². The minimum atomic E-state index is -0.394. The fraction of sp³-hybridized carbons (Fsp3) is 0.833. The third-order valence-corrected chi connectivity index (χ3v) is 3.67. The van der Waals surface area contributed by atoms with E-state index in [1.165, 1.54) is 24.9 Å². The molecular formula is C12H20N2O3. The van der Waals surface area contributed by atoms with Crippen LogP contribution in [0.25, 0.3) is 0 Å². The lowest BCUT2D eigenvalue weighted by molar-refractivity contribution is -0.125. The fourth-order valence-corrected chi connectivity index (χ4v) is 2.74. The number of amides is 2. The molecule has 2 amide bonds. The number of hydrogen-bond donors (Lipinski definition) is 1. The SMILES string of the molecule is COC(=O)N1CCCC1C(=O)NC1CCCC1. The Morgan fingerprint density at radius 2 is 1.88 bits per heavy atom. The van der Waals surface area contributed by atoms with Gasteiger partial charge in [-0.3, -0.25) is 9.69 Å². The van der Waals surface area contributed by atoms with E-state index in [-0.39, 0.29) is 11.9 Å². The molecule has 17 heavy (non-hydrogen) atoms. The fourth-order valence-electron chi connectivity index (χ4n) is 2.74. The Kier molecular flexibility index (Phi) is 3.86. The Morgan fingerprint density at radius 1 is 1.18 bits per heavy atom. The van der Waals surface area contributed by atoms with Crippen molar-refractivity contribution in [2.45, 2.75) is 50.6 Å². The van der Waals surface area contributed by atoms with E-state index in [2.05, 4.69) is 5.32 Å². The van der Waals surface area contributed by atoms with Gasteiger partial charge in [-0.05, 0) is 25.7 Å². The maximum Gasteiger partial charge on any atom is 0.410 e. The molecule has 2 rings (SSSR count). The van der Waals surface area contributed by atoms with E-state index in [1.54, 1.807) is 0 Å². The van der Waals surface area contributed by atoms with E-state index in [0.717, 1.165) is 25.7 Å². The van der Waals surface area contributed by atoms with Crippen LogP contribution in [0, 0.1) is 0 Å². The summed E-state index contributed by atoms with van der Waals surface area (Å²) in [6, 6.07) is -0.0225. The first-order chi connectivity index (χ1) is 8.22. The average molecular weight is 240 g/mol. The second-order valence-electron chi connectivity index (χ2n) is 4.81. The van der Waals surface area contributed by atoms with Crippen molar-refractivity contribution in [1.82, 2.24) is 10.2 Å². The van der Waals surface area contributed by atoms with Gasteiger partial charge in [0.1, 0.15) is 6.04 Å². The van der Waals surface area contributed by atoms with Gasteiger partial charge in [0.05, 0.1) is 7.11 Å². The second kappa shape index (κ2) is 5.38. The van der Waals surface area contributed by atoms with Crippen molar-refractivity contribution in [2.75, 3.05) is 13.7 Å². The van der Waals surface area contributed by atoms with Crippen LogP contribution in [0.3, 0.4) is 0 Å². The number of carbonyl (C=O) groups excluding carboxylic acids is 2. The van der Waals surface area contributed by atoms with E-state index in [4.69, 9.17) is 4.74 Å². The van der Waals surface area contributed by atoms with Crippen LogP contribution in [0.15, 0.2) is 0 Å². The lowest BCUT2D eigenvalue weighted by atomic mass is 10.2. The monoisotopic (exact) mass is 240 g/mol. The highest BCUT2D eigenvalue weighted by Gasteiger charge is 2.35. The molecule has 1 heterocycles. The molecule has 96 valence electrons. The third kappa shape index (κ3) is 2.70. The minimum Gasteiger partial charge on any atom is -0.453 e. The largest absolute Gasteiger partial charge is 0.453 e. The Labute approximate surface area is 101 Å². The van der Waals surface area contributed by atoms with Gasteiger partial charge in [-0.25, -0.2) is 4.79 Å². The first-order valence-electron chi connectivity index (χ1n) is 6.37. The van der Waals surface area contributed by atoms with Crippen molar-refractivity contribution in [3.63, 3.8) is 0 Å². The van der Waals surface area contributed by atoms with Crippen LogP contribution in [0.2, 0.25) is 0 Å². The normalized spacial score (nSPS) is 25.0. The van der Waals surface area contributed by atoms with Gasteiger partial charge < -0.3 is 10.1 Å². The predicted octanol–water partition coefficient (Wildman–Crippen LogP) is 1.28. The number of nitrogens with one attached hydrogen (secondary N) is 1. The molecule has 1 saturated carbocycles. The minimum absolute atomic E-state index is 0.0141.